The summed E-state index contributed by atoms with van der Waals surface area (Å²) in [7, 11) is 1.70. The van der Waals surface area contributed by atoms with Gasteiger partial charge in [-0.3, -0.25) is 9.78 Å². The van der Waals surface area contributed by atoms with Crippen molar-refractivity contribution in [3.05, 3.63) is 48.1 Å². The Kier molecular flexibility index (Phi) is 5.48. The number of thiazole rings is 1. The smallest absolute Gasteiger partial charge is 0.224 e. The molecule has 4 heterocycles. The fourth-order valence-corrected chi connectivity index (χ4v) is 4.06. The minimum Gasteiger partial charge on any atom is -0.369 e. The summed E-state index contributed by atoms with van der Waals surface area (Å²) in [6.45, 7) is 1.68. The van der Waals surface area contributed by atoms with Gasteiger partial charge < -0.3 is 15.5 Å². The van der Waals surface area contributed by atoms with Gasteiger partial charge in [0.2, 0.25) is 5.91 Å². The van der Waals surface area contributed by atoms with Crippen molar-refractivity contribution in [1.29, 1.82) is 0 Å². The molecule has 0 radical (unpaired) electrons. The van der Waals surface area contributed by atoms with Crippen molar-refractivity contribution < 1.29 is 4.79 Å². The molecule has 1 aliphatic rings. The molecule has 1 unspecified atom stereocenters. The third-order valence-corrected chi connectivity index (χ3v) is 5.58. The quantitative estimate of drug-likeness (QED) is 0.691. The topological polar surface area (TPSA) is 83.0 Å². The van der Waals surface area contributed by atoms with E-state index in [9.17, 15) is 4.79 Å². The average Bonchev–Trinajstić information content (AvgIpc) is 3.23. The summed E-state index contributed by atoms with van der Waals surface area (Å²) in [5.41, 5.74) is 2.73. The van der Waals surface area contributed by atoms with Crippen LogP contribution in [0.3, 0.4) is 0 Å². The van der Waals surface area contributed by atoms with Gasteiger partial charge in [-0.05, 0) is 37.1 Å². The lowest BCUT2D eigenvalue weighted by Gasteiger charge is -2.33. The molecule has 1 atom stereocenters. The molecule has 0 aromatic carbocycles. The van der Waals surface area contributed by atoms with Crippen molar-refractivity contribution >= 4 is 33.9 Å². The number of piperidine rings is 1. The zero-order valence-electron chi connectivity index (χ0n) is 15.6. The number of rotatable bonds is 5. The maximum absolute atomic E-state index is 11.9. The van der Waals surface area contributed by atoms with E-state index in [-0.39, 0.29) is 11.8 Å². The first-order valence-electron chi connectivity index (χ1n) is 9.29. The van der Waals surface area contributed by atoms with Crippen molar-refractivity contribution in [2.75, 3.05) is 30.4 Å². The van der Waals surface area contributed by atoms with Crippen molar-refractivity contribution in [3.63, 3.8) is 0 Å². The third-order valence-electron chi connectivity index (χ3n) is 4.82. The fraction of sp³-hybridized carbons (Fsp3) is 0.300. The van der Waals surface area contributed by atoms with Gasteiger partial charge in [0.1, 0.15) is 11.5 Å². The van der Waals surface area contributed by atoms with Crippen LogP contribution in [0, 0.1) is 5.92 Å². The van der Waals surface area contributed by atoms with E-state index in [1.807, 2.05) is 41.9 Å². The van der Waals surface area contributed by atoms with Gasteiger partial charge in [-0.25, -0.2) is 9.97 Å². The molecule has 3 aromatic heterocycles. The van der Waals surface area contributed by atoms with E-state index in [1.54, 1.807) is 13.2 Å². The highest BCUT2D eigenvalue weighted by molar-refractivity contribution is 7.14. The normalized spacial score (nSPS) is 16.6. The SMILES string of the molecule is CNC(=O)C1CCCN(c2ccc(Nc3nc(-c4ccccn4)cs3)nc2)C1. The van der Waals surface area contributed by atoms with E-state index >= 15 is 0 Å². The summed E-state index contributed by atoms with van der Waals surface area (Å²) in [6.07, 6.45) is 5.55. The van der Waals surface area contributed by atoms with Crippen molar-refractivity contribution in [2.24, 2.45) is 5.92 Å². The minimum absolute atomic E-state index is 0.0388. The molecule has 4 rings (SSSR count). The first kappa shape index (κ1) is 18.4. The van der Waals surface area contributed by atoms with Crippen LogP contribution in [0.4, 0.5) is 16.6 Å². The Morgan fingerprint density at radius 3 is 2.89 bits per heavy atom. The monoisotopic (exact) mass is 394 g/mol. The summed E-state index contributed by atoms with van der Waals surface area (Å²) in [6, 6.07) is 9.76. The van der Waals surface area contributed by atoms with Crippen LogP contribution in [-0.2, 0) is 4.79 Å². The minimum atomic E-state index is 0.0388. The lowest BCUT2D eigenvalue weighted by Crippen LogP contribution is -2.42. The predicted octanol–water partition coefficient (Wildman–Crippen LogP) is 3.31. The summed E-state index contributed by atoms with van der Waals surface area (Å²) in [5, 5.41) is 8.76. The molecule has 0 aliphatic carbocycles. The number of hydrogen-bond donors (Lipinski definition) is 2. The number of amides is 1. The Morgan fingerprint density at radius 2 is 2.14 bits per heavy atom. The molecule has 3 aromatic rings. The van der Waals surface area contributed by atoms with E-state index in [0.717, 1.165) is 54.0 Å². The number of hydrogen-bond acceptors (Lipinski definition) is 7. The molecular weight excluding hydrogens is 372 g/mol. The molecule has 144 valence electrons. The van der Waals surface area contributed by atoms with Gasteiger partial charge >= 0.3 is 0 Å². The molecular formula is C20H22N6OS. The average molecular weight is 395 g/mol. The lowest BCUT2D eigenvalue weighted by atomic mass is 9.97. The maximum atomic E-state index is 11.9. The summed E-state index contributed by atoms with van der Waals surface area (Å²) in [4.78, 5) is 27.6. The van der Waals surface area contributed by atoms with Crippen LogP contribution >= 0.6 is 11.3 Å². The number of nitrogens with one attached hydrogen (secondary N) is 2. The van der Waals surface area contributed by atoms with Gasteiger partial charge in [0, 0.05) is 31.7 Å². The van der Waals surface area contributed by atoms with Gasteiger partial charge in [-0.15, -0.1) is 11.3 Å². The number of carbonyl (C=O) groups excluding carboxylic acids is 1. The first-order chi connectivity index (χ1) is 13.7. The van der Waals surface area contributed by atoms with Gasteiger partial charge in [0.05, 0.1) is 23.5 Å². The predicted molar refractivity (Wildman–Crippen MR) is 112 cm³/mol. The van der Waals surface area contributed by atoms with E-state index in [1.165, 1.54) is 11.3 Å². The lowest BCUT2D eigenvalue weighted by molar-refractivity contribution is -0.124. The van der Waals surface area contributed by atoms with Crippen LogP contribution in [0.2, 0.25) is 0 Å². The van der Waals surface area contributed by atoms with Crippen molar-refractivity contribution in [2.45, 2.75) is 12.8 Å². The zero-order valence-corrected chi connectivity index (χ0v) is 16.4. The number of anilines is 3. The van der Waals surface area contributed by atoms with E-state index < -0.39 is 0 Å². The Bertz CT molecular complexity index is 927. The second-order valence-corrected chi connectivity index (χ2v) is 7.54. The van der Waals surface area contributed by atoms with E-state index in [0.29, 0.717) is 0 Å². The highest BCUT2D eigenvalue weighted by atomic mass is 32.1. The van der Waals surface area contributed by atoms with E-state index in [4.69, 9.17) is 0 Å². The molecule has 0 saturated carbocycles. The standard InChI is InChI=1S/C20H22N6OS/c1-21-19(27)14-5-4-10-26(12-14)15-7-8-18(23-11-15)25-20-24-17(13-28-20)16-6-2-3-9-22-16/h2-3,6-9,11,13-14H,4-5,10,12H2,1H3,(H,21,27)(H,23,24,25). The van der Waals surface area contributed by atoms with Gasteiger partial charge in [-0.2, -0.15) is 0 Å². The van der Waals surface area contributed by atoms with Crippen molar-refractivity contribution in [3.8, 4) is 11.4 Å². The van der Waals surface area contributed by atoms with Crippen LogP contribution in [0.5, 0.6) is 0 Å². The molecule has 1 amide bonds. The molecule has 2 N–H and O–H groups in total. The van der Waals surface area contributed by atoms with Gasteiger partial charge in [0.15, 0.2) is 5.13 Å². The molecule has 1 aliphatic heterocycles. The van der Waals surface area contributed by atoms with Gasteiger partial charge in [-0.1, -0.05) is 6.07 Å². The number of carbonyl (C=O) groups is 1. The summed E-state index contributed by atoms with van der Waals surface area (Å²) < 4.78 is 0. The van der Waals surface area contributed by atoms with Crippen molar-refractivity contribution in [1.82, 2.24) is 20.3 Å². The fourth-order valence-electron chi connectivity index (χ4n) is 3.35. The second-order valence-electron chi connectivity index (χ2n) is 6.68. The molecule has 0 spiro atoms. The number of pyridine rings is 2. The van der Waals surface area contributed by atoms with E-state index in [2.05, 4.69) is 30.5 Å². The molecule has 7 nitrogen and oxygen atoms in total. The first-order valence-corrected chi connectivity index (χ1v) is 10.2. The highest BCUT2D eigenvalue weighted by Crippen LogP contribution is 2.27. The number of aromatic nitrogens is 3. The maximum Gasteiger partial charge on any atom is 0.224 e. The Balaban J connectivity index is 1.41. The molecule has 1 fully saturated rings. The van der Waals surface area contributed by atoms with Crippen LogP contribution in [0.25, 0.3) is 11.4 Å². The van der Waals surface area contributed by atoms with Crippen LogP contribution in [-0.4, -0.2) is 41.0 Å². The summed E-state index contributed by atoms with van der Waals surface area (Å²) in [5.74, 6) is 0.894. The Morgan fingerprint density at radius 1 is 1.21 bits per heavy atom. The molecule has 28 heavy (non-hydrogen) atoms. The van der Waals surface area contributed by atoms with Crippen LogP contribution in [0.1, 0.15) is 12.8 Å². The third kappa shape index (κ3) is 4.12. The zero-order chi connectivity index (χ0) is 19.3. The Hall–Kier alpha value is -3.00. The molecule has 0 bridgehead atoms. The van der Waals surface area contributed by atoms with Crippen LogP contribution < -0.4 is 15.5 Å². The van der Waals surface area contributed by atoms with Gasteiger partial charge in [0.25, 0.3) is 0 Å². The largest absolute Gasteiger partial charge is 0.369 e. The second kappa shape index (κ2) is 8.35. The molecule has 1 saturated heterocycles. The Labute approximate surface area is 167 Å². The molecule has 8 heteroatoms. The highest BCUT2D eigenvalue weighted by Gasteiger charge is 2.25. The summed E-state index contributed by atoms with van der Waals surface area (Å²) >= 11 is 1.52. The van der Waals surface area contributed by atoms with Crippen LogP contribution in [0.15, 0.2) is 48.1 Å². The number of nitrogens with zero attached hydrogens (tertiary/aromatic N) is 4.